The van der Waals surface area contributed by atoms with Crippen LogP contribution in [0.2, 0.25) is 0 Å². The Morgan fingerprint density at radius 3 is 3.04 bits per heavy atom. The van der Waals surface area contributed by atoms with E-state index >= 15 is 0 Å². The van der Waals surface area contributed by atoms with Crippen LogP contribution >= 0.6 is 0 Å². The predicted octanol–water partition coefficient (Wildman–Crippen LogP) is -0.0635. The molecule has 3 rings (SSSR count). The number of piperidine rings is 1. The number of ether oxygens (including phenoxy) is 1. The third-order valence-corrected chi connectivity index (χ3v) is 4.65. The Morgan fingerprint density at radius 2 is 2.30 bits per heavy atom. The van der Waals surface area contributed by atoms with Crippen molar-refractivity contribution < 1.29 is 14.3 Å². The van der Waals surface area contributed by atoms with Gasteiger partial charge in [0.25, 0.3) is 0 Å². The first kappa shape index (κ1) is 15.9. The summed E-state index contributed by atoms with van der Waals surface area (Å²) in [5.41, 5.74) is 0. The van der Waals surface area contributed by atoms with Gasteiger partial charge in [-0.15, -0.1) is 0 Å². The molecule has 0 saturated carbocycles. The first-order valence-corrected chi connectivity index (χ1v) is 8.08. The number of likely N-dealkylation sites (tertiary alicyclic amines) is 2. The Bertz CT molecular complexity index is 547. The lowest BCUT2D eigenvalue weighted by Crippen LogP contribution is -2.44. The Hall–Kier alpha value is -1.96. The fraction of sp³-hybridized carbons (Fsp3) is 0.733. The molecule has 8 nitrogen and oxygen atoms in total. The highest BCUT2D eigenvalue weighted by atomic mass is 16.5. The Balaban J connectivity index is 1.58. The second-order valence-electron chi connectivity index (χ2n) is 6.19. The quantitative estimate of drug-likeness (QED) is 0.759. The molecule has 2 amide bonds. The first-order chi connectivity index (χ1) is 11.2. The molecule has 1 aromatic heterocycles. The molecule has 0 aromatic carbocycles. The molecule has 1 aromatic rings. The van der Waals surface area contributed by atoms with Gasteiger partial charge in [0, 0.05) is 39.7 Å². The summed E-state index contributed by atoms with van der Waals surface area (Å²) in [5.74, 6) is -0.0952. The van der Waals surface area contributed by atoms with Gasteiger partial charge in [0.15, 0.2) is 0 Å². The number of methoxy groups -OCH3 is 1. The zero-order valence-electron chi connectivity index (χ0n) is 13.4. The first-order valence-electron chi connectivity index (χ1n) is 8.08. The van der Waals surface area contributed by atoms with E-state index in [4.69, 9.17) is 4.74 Å². The van der Waals surface area contributed by atoms with Crippen LogP contribution in [-0.2, 0) is 14.3 Å². The molecule has 126 valence electrons. The van der Waals surface area contributed by atoms with Crippen LogP contribution in [0.15, 0.2) is 12.7 Å². The average Bonchev–Trinajstić information content (AvgIpc) is 3.22. The number of carbonyl (C=O) groups excluding carboxylic acids is 2. The van der Waals surface area contributed by atoms with E-state index in [-0.39, 0.29) is 23.8 Å². The van der Waals surface area contributed by atoms with Crippen LogP contribution in [-0.4, -0.2) is 76.3 Å². The molecule has 0 aliphatic carbocycles. The van der Waals surface area contributed by atoms with Crippen LogP contribution in [0.1, 0.15) is 25.3 Å². The molecule has 2 saturated heterocycles. The van der Waals surface area contributed by atoms with Crippen molar-refractivity contribution in [1.29, 1.82) is 0 Å². The third-order valence-electron chi connectivity index (χ3n) is 4.65. The Kier molecular flexibility index (Phi) is 4.90. The Morgan fingerprint density at radius 1 is 1.43 bits per heavy atom. The van der Waals surface area contributed by atoms with Gasteiger partial charge < -0.3 is 14.5 Å². The van der Waals surface area contributed by atoms with Crippen molar-refractivity contribution in [3.63, 3.8) is 0 Å². The second-order valence-corrected chi connectivity index (χ2v) is 6.19. The van der Waals surface area contributed by atoms with Gasteiger partial charge in [-0.3, -0.25) is 9.59 Å². The van der Waals surface area contributed by atoms with Crippen molar-refractivity contribution >= 4 is 11.8 Å². The van der Waals surface area contributed by atoms with Crippen molar-refractivity contribution in [2.75, 3.05) is 39.9 Å². The smallest absolute Gasteiger partial charge is 0.228 e. The molecule has 3 heterocycles. The van der Waals surface area contributed by atoms with Crippen molar-refractivity contribution in [3.8, 4) is 0 Å². The summed E-state index contributed by atoms with van der Waals surface area (Å²) < 4.78 is 6.84. The lowest BCUT2D eigenvalue weighted by molar-refractivity contribution is -0.137. The van der Waals surface area contributed by atoms with E-state index in [1.165, 1.54) is 6.33 Å². The Labute approximate surface area is 135 Å². The number of amides is 2. The molecule has 0 radical (unpaired) electrons. The van der Waals surface area contributed by atoms with Gasteiger partial charge >= 0.3 is 0 Å². The van der Waals surface area contributed by atoms with Crippen LogP contribution in [0.25, 0.3) is 0 Å². The van der Waals surface area contributed by atoms with Crippen LogP contribution < -0.4 is 0 Å². The van der Waals surface area contributed by atoms with E-state index in [1.807, 2.05) is 9.58 Å². The molecule has 23 heavy (non-hydrogen) atoms. The molecular weight excluding hydrogens is 298 g/mol. The zero-order chi connectivity index (χ0) is 16.2. The fourth-order valence-corrected chi connectivity index (χ4v) is 3.39. The van der Waals surface area contributed by atoms with E-state index in [2.05, 4.69) is 10.1 Å². The summed E-state index contributed by atoms with van der Waals surface area (Å²) >= 11 is 0. The molecule has 0 N–H and O–H groups in total. The number of carbonyl (C=O) groups is 2. The van der Waals surface area contributed by atoms with E-state index in [0.29, 0.717) is 32.7 Å². The monoisotopic (exact) mass is 321 g/mol. The highest BCUT2D eigenvalue weighted by Gasteiger charge is 2.37. The number of hydrogen-bond acceptors (Lipinski definition) is 5. The SMILES string of the molecule is COCCN1C[C@H](C(=O)N2CCC[C@H](n3cncn3)C2)CC1=O. The van der Waals surface area contributed by atoms with Crippen molar-refractivity contribution in [1.82, 2.24) is 24.6 Å². The molecule has 0 spiro atoms. The lowest BCUT2D eigenvalue weighted by atomic mass is 10.0. The van der Waals surface area contributed by atoms with E-state index < -0.39 is 0 Å². The summed E-state index contributed by atoms with van der Waals surface area (Å²) in [7, 11) is 1.61. The van der Waals surface area contributed by atoms with Gasteiger partial charge in [-0.05, 0) is 12.8 Å². The molecular formula is C15H23N5O3. The van der Waals surface area contributed by atoms with Gasteiger partial charge in [-0.1, -0.05) is 0 Å². The van der Waals surface area contributed by atoms with Gasteiger partial charge in [0.05, 0.1) is 18.6 Å². The topological polar surface area (TPSA) is 80.6 Å². The van der Waals surface area contributed by atoms with E-state index in [9.17, 15) is 9.59 Å². The van der Waals surface area contributed by atoms with Crippen LogP contribution in [0.3, 0.4) is 0 Å². The largest absolute Gasteiger partial charge is 0.383 e. The lowest BCUT2D eigenvalue weighted by Gasteiger charge is -2.34. The molecule has 0 unspecified atom stereocenters. The van der Waals surface area contributed by atoms with Gasteiger partial charge in [-0.2, -0.15) is 5.10 Å². The second kappa shape index (κ2) is 7.08. The maximum Gasteiger partial charge on any atom is 0.228 e. The minimum absolute atomic E-state index is 0.0465. The number of nitrogens with zero attached hydrogens (tertiary/aromatic N) is 5. The standard InChI is InChI=1S/C15H23N5O3/c1-23-6-5-18-8-12(7-14(18)21)15(22)19-4-2-3-13(9-19)20-11-16-10-17-20/h10-13H,2-9H2,1H3/t12-,13+/m1/s1. The minimum atomic E-state index is -0.228. The molecule has 2 aliphatic rings. The molecule has 8 heteroatoms. The molecule has 2 fully saturated rings. The highest BCUT2D eigenvalue weighted by Crippen LogP contribution is 2.25. The summed E-state index contributed by atoms with van der Waals surface area (Å²) in [6.07, 6.45) is 5.47. The highest BCUT2D eigenvalue weighted by molar-refractivity contribution is 5.89. The van der Waals surface area contributed by atoms with Crippen molar-refractivity contribution in [3.05, 3.63) is 12.7 Å². The van der Waals surface area contributed by atoms with Crippen molar-refractivity contribution in [2.24, 2.45) is 5.92 Å². The zero-order valence-corrected chi connectivity index (χ0v) is 13.4. The number of aromatic nitrogens is 3. The maximum atomic E-state index is 12.8. The van der Waals surface area contributed by atoms with Crippen LogP contribution in [0.4, 0.5) is 0 Å². The average molecular weight is 321 g/mol. The maximum absolute atomic E-state index is 12.8. The van der Waals surface area contributed by atoms with E-state index in [1.54, 1.807) is 18.3 Å². The summed E-state index contributed by atoms with van der Waals surface area (Å²) in [4.78, 5) is 32.3. The number of hydrogen-bond donors (Lipinski definition) is 0. The van der Waals surface area contributed by atoms with Gasteiger partial charge in [0.2, 0.25) is 11.8 Å². The van der Waals surface area contributed by atoms with Gasteiger partial charge in [0.1, 0.15) is 12.7 Å². The minimum Gasteiger partial charge on any atom is -0.383 e. The molecule has 2 atom stereocenters. The fourth-order valence-electron chi connectivity index (χ4n) is 3.39. The third kappa shape index (κ3) is 3.52. The molecule has 0 bridgehead atoms. The summed E-state index contributed by atoms with van der Waals surface area (Å²) in [6.45, 7) is 2.97. The predicted molar refractivity (Wildman–Crippen MR) is 81.4 cm³/mol. The summed E-state index contributed by atoms with van der Waals surface area (Å²) in [6, 6.07) is 0.178. The van der Waals surface area contributed by atoms with Crippen LogP contribution in [0.5, 0.6) is 0 Å². The van der Waals surface area contributed by atoms with E-state index in [0.717, 1.165) is 19.4 Å². The van der Waals surface area contributed by atoms with Gasteiger partial charge in [-0.25, -0.2) is 9.67 Å². The molecule has 2 aliphatic heterocycles. The van der Waals surface area contributed by atoms with Crippen LogP contribution in [0, 0.1) is 5.92 Å². The summed E-state index contributed by atoms with van der Waals surface area (Å²) in [5, 5.41) is 4.18. The number of rotatable bonds is 5. The van der Waals surface area contributed by atoms with Crippen molar-refractivity contribution in [2.45, 2.75) is 25.3 Å². The normalized spacial score (nSPS) is 25.2.